The molecule has 0 amide bonds. The number of ether oxygens (including phenoxy) is 2. The van der Waals surface area contributed by atoms with Gasteiger partial charge in [-0.15, -0.1) is 0 Å². The Bertz CT molecular complexity index is 726. The summed E-state index contributed by atoms with van der Waals surface area (Å²) in [6.07, 6.45) is 7.51. The molecule has 140 valence electrons. The van der Waals surface area contributed by atoms with E-state index in [-0.39, 0.29) is 6.10 Å². The summed E-state index contributed by atoms with van der Waals surface area (Å²) in [5.41, 5.74) is 2.51. The average molecular weight is 355 g/mol. The standard InChI is InChI=1S/C22H29NO3/c1-23-8-7-16-17-12-15(9-13-3-4-13)21(24)22(16)26-20-11-14(10-18(17)23)5-6-19(20)25-2/h5-6,11-13,16-18,21-22,24H,3-4,7-10H2,1-2H3/t16-,17+,18+,21-,22+/m0/s1. The predicted octanol–water partition coefficient (Wildman–Crippen LogP) is 3.04. The molecule has 2 heterocycles. The molecule has 2 aliphatic heterocycles. The topological polar surface area (TPSA) is 41.9 Å². The highest BCUT2D eigenvalue weighted by Crippen LogP contribution is 2.47. The Balaban J connectivity index is 1.60. The van der Waals surface area contributed by atoms with Crippen molar-refractivity contribution in [2.24, 2.45) is 17.8 Å². The Hall–Kier alpha value is -1.52. The lowest BCUT2D eigenvalue weighted by Crippen LogP contribution is -2.56. The fourth-order valence-corrected chi connectivity index (χ4v) is 5.32. The monoisotopic (exact) mass is 355 g/mol. The summed E-state index contributed by atoms with van der Waals surface area (Å²) < 4.78 is 12.0. The van der Waals surface area contributed by atoms with Gasteiger partial charge in [-0.3, -0.25) is 0 Å². The van der Waals surface area contributed by atoms with Gasteiger partial charge in [-0.2, -0.15) is 0 Å². The largest absolute Gasteiger partial charge is 0.493 e. The van der Waals surface area contributed by atoms with Crippen molar-refractivity contribution in [3.05, 3.63) is 35.4 Å². The minimum Gasteiger partial charge on any atom is -0.493 e. The molecule has 6 bridgehead atoms. The lowest BCUT2D eigenvalue weighted by Gasteiger charge is -2.49. The SMILES string of the molecule is COc1ccc2cc1O[C@@H]1[C@H]3CCN(C)[C@H](C2)[C@@H]3C=C(CC2CC2)[C@@H]1O. The van der Waals surface area contributed by atoms with Crippen LogP contribution < -0.4 is 9.47 Å². The van der Waals surface area contributed by atoms with E-state index in [1.807, 2.05) is 6.07 Å². The highest BCUT2D eigenvalue weighted by molar-refractivity contribution is 5.44. The molecule has 1 saturated heterocycles. The minimum absolute atomic E-state index is 0.169. The number of rotatable bonds is 3. The Morgan fingerprint density at radius 2 is 2.12 bits per heavy atom. The first-order valence-electron chi connectivity index (χ1n) is 10.1. The van der Waals surface area contributed by atoms with Crippen molar-refractivity contribution in [2.45, 2.75) is 50.4 Å². The van der Waals surface area contributed by atoms with E-state index in [9.17, 15) is 5.11 Å². The number of hydrogen-bond acceptors (Lipinski definition) is 4. The number of aliphatic hydroxyl groups is 1. The number of hydrogen-bond donors (Lipinski definition) is 1. The number of aliphatic hydroxyl groups excluding tert-OH is 1. The second kappa shape index (κ2) is 6.28. The molecule has 5 rings (SSSR count). The number of likely N-dealkylation sites (N-methyl/N-ethyl adjacent to an activating group) is 1. The molecule has 26 heavy (non-hydrogen) atoms. The first-order chi connectivity index (χ1) is 12.6. The number of methoxy groups -OCH3 is 1. The van der Waals surface area contributed by atoms with Gasteiger partial charge in [0, 0.05) is 12.0 Å². The zero-order chi connectivity index (χ0) is 17.8. The molecule has 4 nitrogen and oxygen atoms in total. The van der Waals surface area contributed by atoms with Crippen molar-refractivity contribution >= 4 is 0 Å². The van der Waals surface area contributed by atoms with Crippen LogP contribution in [-0.4, -0.2) is 49.0 Å². The fraction of sp³-hybridized carbons (Fsp3) is 0.636. The van der Waals surface area contributed by atoms with Crippen molar-refractivity contribution < 1.29 is 14.6 Å². The molecule has 2 aliphatic carbocycles. The first kappa shape index (κ1) is 16.6. The highest BCUT2D eigenvalue weighted by Gasteiger charge is 2.48. The number of nitrogens with zero attached hydrogens (tertiary/aromatic N) is 1. The highest BCUT2D eigenvalue weighted by atomic mass is 16.5. The molecule has 1 N–H and O–H groups in total. The fourth-order valence-electron chi connectivity index (χ4n) is 5.32. The summed E-state index contributed by atoms with van der Waals surface area (Å²) in [6.45, 7) is 1.07. The molecule has 1 aromatic rings. The molecular formula is C22H29NO3. The Morgan fingerprint density at radius 3 is 2.88 bits per heavy atom. The van der Waals surface area contributed by atoms with Crippen LogP contribution in [0.1, 0.15) is 31.2 Å². The van der Waals surface area contributed by atoms with Crippen LogP contribution in [0.2, 0.25) is 0 Å². The third-order valence-corrected chi connectivity index (χ3v) is 7.00. The number of benzene rings is 1. The molecule has 4 aliphatic rings. The molecule has 0 unspecified atom stereocenters. The maximum Gasteiger partial charge on any atom is 0.162 e. The first-order valence-corrected chi connectivity index (χ1v) is 10.1. The molecule has 0 aromatic heterocycles. The van der Waals surface area contributed by atoms with Gasteiger partial charge in [-0.25, -0.2) is 0 Å². The number of piperidine rings is 1. The smallest absolute Gasteiger partial charge is 0.162 e. The third kappa shape index (κ3) is 2.74. The van der Waals surface area contributed by atoms with Crippen LogP contribution in [-0.2, 0) is 6.42 Å². The predicted molar refractivity (Wildman–Crippen MR) is 101 cm³/mol. The van der Waals surface area contributed by atoms with Gasteiger partial charge in [0.05, 0.1) is 7.11 Å². The van der Waals surface area contributed by atoms with E-state index in [4.69, 9.17) is 9.47 Å². The quantitative estimate of drug-likeness (QED) is 0.847. The van der Waals surface area contributed by atoms with Crippen LogP contribution in [0, 0.1) is 17.8 Å². The van der Waals surface area contributed by atoms with Crippen LogP contribution in [0.15, 0.2) is 29.8 Å². The van der Waals surface area contributed by atoms with Gasteiger partial charge in [0.25, 0.3) is 0 Å². The van der Waals surface area contributed by atoms with Crippen molar-refractivity contribution in [1.29, 1.82) is 0 Å². The van der Waals surface area contributed by atoms with Crippen molar-refractivity contribution in [3.8, 4) is 11.5 Å². The lowest BCUT2D eigenvalue weighted by molar-refractivity contribution is -0.0433. The summed E-state index contributed by atoms with van der Waals surface area (Å²) in [5.74, 6) is 3.15. The van der Waals surface area contributed by atoms with E-state index in [0.29, 0.717) is 17.9 Å². The Morgan fingerprint density at radius 1 is 1.27 bits per heavy atom. The zero-order valence-electron chi connectivity index (χ0n) is 15.7. The zero-order valence-corrected chi connectivity index (χ0v) is 15.7. The molecule has 5 atom stereocenters. The van der Waals surface area contributed by atoms with Crippen molar-refractivity contribution in [3.63, 3.8) is 0 Å². The van der Waals surface area contributed by atoms with Gasteiger partial charge in [0.2, 0.25) is 0 Å². The van der Waals surface area contributed by atoms with E-state index < -0.39 is 6.10 Å². The number of fused-ring (bicyclic) bond motifs is 2. The molecular weight excluding hydrogens is 326 g/mol. The Labute approximate surface area is 155 Å². The van der Waals surface area contributed by atoms with Crippen LogP contribution in [0.3, 0.4) is 0 Å². The molecule has 0 radical (unpaired) electrons. The second-order valence-corrected chi connectivity index (χ2v) is 8.68. The maximum absolute atomic E-state index is 11.2. The van der Waals surface area contributed by atoms with Crippen LogP contribution in [0.5, 0.6) is 11.5 Å². The van der Waals surface area contributed by atoms with Crippen LogP contribution >= 0.6 is 0 Å². The third-order valence-electron chi connectivity index (χ3n) is 7.00. The summed E-state index contributed by atoms with van der Waals surface area (Å²) in [5, 5.41) is 11.2. The summed E-state index contributed by atoms with van der Waals surface area (Å²) >= 11 is 0. The molecule has 1 aromatic carbocycles. The van der Waals surface area contributed by atoms with Crippen LogP contribution in [0.4, 0.5) is 0 Å². The Kier molecular flexibility index (Phi) is 4.02. The van der Waals surface area contributed by atoms with Crippen molar-refractivity contribution in [2.75, 3.05) is 20.7 Å². The molecule has 2 fully saturated rings. The van der Waals surface area contributed by atoms with Gasteiger partial charge in [-0.05, 0) is 80.8 Å². The minimum atomic E-state index is -0.493. The lowest BCUT2D eigenvalue weighted by atomic mass is 9.68. The van der Waals surface area contributed by atoms with Crippen LogP contribution in [0.25, 0.3) is 0 Å². The van der Waals surface area contributed by atoms with E-state index in [1.165, 1.54) is 24.0 Å². The van der Waals surface area contributed by atoms with Gasteiger partial charge < -0.3 is 19.5 Å². The maximum atomic E-state index is 11.2. The van der Waals surface area contributed by atoms with Gasteiger partial charge in [-0.1, -0.05) is 12.1 Å². The van der Waals surface area contributed by atoms with Gasteiger partial charge in [0.15, 0.2) is 11.5 Å². The van der Waals surface area contributed by atoms with Gasteiger partial charge >= 0.3 is 0 Å². The van der Waals surface area contributed by atoms with E-state index in [2.05, 4.69) is 30.2 Å². The molecule has 4 heteroatoms. The summed E-state index contributed by atoms with van der Waals surface area (Å²) in [7, 11) is 3.94. The van der Waals surface area contributed by atoms with E-state index in [0.717, 1.165) is 43.2 Å². The van der Waals surface area contributed by atoms with E-state index in [1.54, 1.807) is 7.11 Å². The summed E-state index contributed by atoms with van der Waals surface area (Å²) in [4.78, 5) is 2.51. The average Bonchev–Trinajstić information content (AvgIpc) is 3.44. The van der Waals surface area contributed by atoms with Crippen molar-refractivity contribution in [1.82, 2.24) is 4.90 Å². The summed E-state index contributed by atoms with van der Waals surface area (Å²) in [6, 6.07) is 6.76. The molecule has 0 spiro atoms. The molecule has 1 saturated carbocycles. The van der Waals surface area contributed by atoms with Gasteiger partial charge in [0.1, 0.15) is 12.2 Å². The second-order valence-electron chi connectivity index (χ2n) is 8.68. The van der Waals surface area contributed by atoms with E-state index >= 15 is 0 Å². The number of likely N-dealkylation sites (tertiary alicyclic amines) is 1. The normalized spacial score (nSPS) is 36.3.